The highest BCUT2D eigenvalue weighted by Crippen LogP contribution is 2.16. The standard InChI is InChI=1S/C20H27N2O3.BrH/c1-4-6-7-18(20(24)25-5-2)22-13-12-21(15-22)14-19(23)17-10-8-16(3)9-11-17;/h8-13,15,18H,4-7,14H2,1-3H3;1H/q+1;/p-1. The summed E-state index contributed by atoms with van der Waals surface area (Å²) in [5.41, 5.74) is 1.82. The molecule has 0 N–H and O–H groups in total. The van der Waals surface area contributed by atoms with Crippen LogP contribution in [0.4, 0.5) is 0 Å². The van der Waals surface area contributed by atoms with Gasteiger partial charge in [0.15, 0.2) is 12.6 Å². The Morgan fingerprint density at radius 1 is 1.19 bits per heavy atom. The molecule has 0 aliphatic carbocycles. The van der Waals surface area contributed by atoms with E-state index in [0.29, 0.717) is 12.2 Å². The number of esters is 1. The van der Waals surface area contributed by atoms with Gasteiger partial charge in [0.05, 0.1) is 6.61 Å². The first-order chi connectivity index (χ1) is 12.0. The van der Waals surface area contributed by atoms with E-state index in [4.69, 9.17) is 4.74 Å². The zero-order valence-corrected chi connectivity index (χ0v) is 17.2. The van der Waals surface area contributed by atoms with Crippen LogP contribution in [0.25, 0.3) is 0 Å². The van der Waals surface area contributed by atoms with Crippen LogP contribution in [0, 0.1) is 6.92 Å². The predicted molar refractivity (Wildman–Crippen MR) is 95.3 cm³/mol. The van der Waals surface area contributed by atoms with Crippen molar-refractivity contribution in [1.29, 1.82) is 0 Å². The van der Waals surface area contributed by atoms with Gasteiger partial charge in [0.2, 0.25) is 12.1 Å². The molecule has 0 fully saturated rings. The second kappa shape index (κ2) is 10.9. The third-order valence-electron chi connectivity index (χ3n) is 4.16. The molecule has 1 aromatic heterocycles. The number of nitrogens with zero attached hydrogens (tertiary/aromatic N) is 2. The fourth-order valence-corrected chi connectivity index (χ4v) is 2.71. The largest absolute Gasteiger partial charge is 1.00 e. The zero-order chi connectivity index (χ0) is 18.2. The Kier molecular flexibility index (Phi) is 9.27. The molecule has 142 valence electrons. The van der Waals surface area contributed by atoms with Crippen molar-refractivity contribution in [2.24, 2.45) is 0 Å². The van der Waals surface area contributed by atoms with E-state index in [9.17, 15) is 9.59 Å². The van der Waals surface area contributed by atoms with Gasteiger partial charge in [-0.1, -0.05) is 43.2 Å². The third kappa shape index (κ3) is 6.09. The smallest absolute Gasteiger partial charge is 0.351 e. The van der Waals surface area contributed by atoms with Crippen LogP contribution in [0.15, 0.2) is 43.0 Å². The molecule has 0 radical (unpaired) electrons. The number of halogens is 1. The van der Waals surface area contributed by atoms with Crippen molar-refractivity contribution in [1.82, 2.24) is 4.57 Å². The third-order valence-corrected chi connectivity index (χ3v) is 4.16. The van der Waals surface area contributed by atoms with Crippen LogP contribution in [0.2, 0.25) is 0 Å². The second-order valence-electron chi connectivity index (χ2n) is 6.23. The Hall–Kier alpha value is -1.95. The Morgan fingerprint density at radius 2 is 1.88 bits per heavy atom. The number of aryl methyl sites for hydroxylation is 1. The minimum absolute atomic E-state index is 0. The number of carbonyl (C=O) groups is 2. The molecule has 0 bridgehead atoms. The molecule has 0 saturated heterocycles. The van der Waals surface area contributed by atoms with E-state index >= 15 is 0 Å². The summed E-state index contributed by atoms with van der Waals surface area (Å²) >= 11 is 0. The lowest BCUT2D eigenvalue weighted by molar-refractivity contribution is -0.682. The van der Waals surface area contributed by atoms with E-state index < -0.39 is 0 Å². The van der Waals surface area contributed by atoms with E-state index in [2.05, 4.69) is 6.92 Å². The number of carbonyl (C=O) groups excluding carboxylic acids is 2. The number of benzene rings is 1. The molecule has 2 rings (SSSR count). The molecule has 1 unspecified atom stereocenters. The molecule has 2 aromatic rings. The van der Waals surface area contributed by atoms with Gasteiger partial charge >= 0.3 is 5.97 Å². The number of hydrogen-bond acceptors (Lipinski definition) is 3. The van der Waals surface area contributed by atoms with Crippen molar-refractivity contribution in [3.05, 3.63) is 54.1 Å². The average molecular weight is 423 g/mol. The SMILES string of the molecule is CCCCC(C(=O)OCC)n1cc[n+](CC(=O)c2ccc(C)cc2)c1.[Br-]. The van der Waals surface area contributed by atoms with Crippen molar-refractivity contribution in [3.63, 3.8) is 0 Å². The Morgan fingerprint density at radius 3 is 2.50 bits per heavy atom. The number of imidazole rings is 1. The first-order valence-electron chi connectivity index (χ1n) is 8.88. The topological polar surface area (TPSA) is 52.2 Å². The van der Waals surface area contributed by atoms with Gasteiger partial charge in [-0.15, -0.1) is 0 Å². The first kappa shape index (κ1) is 22.1. The summed E-state index contributed by atoms with van der Waals surface area (Å²) < 4.78 is 8.84. The van der Waals surface area contributed by atoms with Gasteiger partial charge in [-0.2, -0.15) is 0 Å². The van der Waals surface area contributed by atoms with Crippen molar-refractivity contribution in [2.45, 2.75) is 52.6 Å². The number of unbranched alkanes of at least 4 members (excludes halogenated alkanes) is 1. The van der Waals surface area contributed by atoms with Crippen LogP contribution in [0.5, 0.6) is 0 Å². The molecule has 0 amide bonds. The number of ether oxygens (including phenoxy) is 1. The predicted octanol–water partition coefficient (Wildman–Crippen LogP) is 0.265. The molecular weight excluding hydrogens is 396 g/mol. The first-order valence-corrected chi connectivity index (χ1v) is 8.88. The quantitative estimate of drug-likeness (QED) is 0.331. The van der Waals surface area contributed by atoms with E-state index in [0.717, 1.165) is 24.8 Å². The van der Waals surface area contributed by atoms with Crippen LogP contribution >= 0.6 is 0 Å². The molecule has 26 heavy (non-hydrogen) atoms. The van der Waals surface area contributed by atoms with Crippen LogP contribution in [-0.4, -0.2) is 22.9 Å². The van der Waals surface area contributed by atoms with Gasteiger partial charge in [0.1, 0.15) is 12.4 Å². The Labute approximate surface area is 165 Å². The molecule has 0 spiro atoms. The Balaban J connectivity index is 0.00000338. The highest BCUT2D eigenvalue weighted by Gasteiger charge is 2.26. The summed E-state index contributed by atoms with van der Waals surface area (Å²) in [5, 5.41) is 0. The van der Waals surface area contributed by atoms with Crippen molar-refractivity contribution in [3.8, 4) is 0 Å². The number of ketones is 1. The van der Waals surface area contributed by atoms with Gasteiger partial charge in [-0.05, 0) is 26.7 Å². The summed E-state index contributed by atoms with van der Waals surface area (Å²) in [7, 11) is 0. The van der Waals surface area contributed by atoms with Gasteiger partial charge < -0.3 is 21.7 Å². The highest BCUT2D eigenvalue weighted by molar-refractivity contribution is 5.95. The van der Waals surface area contributed by atoms with E-state index in [-0.39, 0.29) is 41.3 Å². The molecule has 0 saturated carbocycles. The Bertz CT molecular complexity index is 710. The lowest BCUT2D eigenvalue weighted by Crippen LogP contribution is -3.00. The summed E-state index contributed by atoms with van der Waals surface area (Å²) in [6.45, 7) is 6.52. The molecule has 0 aliphatic heterocycles. The number of rotatable bonds is 9. The fourth-order valence-electron chi connectivity index (χ4n) is 2.71. The number of Topliss-reactive ketones (excluding diaryl/α,β-unsaturated/α-hetero) is 1. The normalized spacial score (nSPS) is 11.5. The molecule has 1 atom stereocenters. The summed E-state index contributed by atoms with van der Waals surface area (Å²) in [4.78, 5) is 24.6. The molecule has 5 nitrogen and oxygen atoms in total. The monoisotopic (exact) mass is 422 g/mol. The van der Waals surface area contributed by atoms with Gasteiger partial charge in [-0.3, -0.25) is 4.79 Å². The summed E-state index contributed by atoms with van der Waals surface area (Å²) in [6, 6.07) is 7.22. The maximum absolute atomic E-state index is 12.4. The van der Waals surface area contributed by atoms with E-state index in [1.807, 2.05) is 61.4 Å². The molecule has 1 aromatic carbocycles. The van der Waals surface area contributed by atoms with Crippen molar-refractivity contribution < 1.29 is 35.9 Å². The molecule has 1 heterocycles. The fraction of sp³-hybridized carbons (Fsp3) is 0.450. The molecule has 0 aliphatic rings. The number of hydrogen-bond donors (Lipinski definition) is 0. The minimum atomic E-state index is -0.337. The van der Waals surface area contributed by atoms with E-state index in [1.54, 1.807) is 4.57 Å². The second-order valence-corrected chi connectivity index (χ2v) is 6.23. The average Bonchev–Trinajstić information content (AvgIpc) is 3.04. The lowest BCUT2D eigenvalue weighted by Gasteiger charge is -2.11. The maximum atomic E-state index is 12.4. The highest BCUT2D eigenvalue weighted by atomic mass is 79.9. The van der Waals surface area contributed by atoms with Crippen molar-refractivity contribution >= 4 is 11.8 Å². The van der Waals surface area contributed by atoms with E-state index in [1.165, 1.54) is 0 Å². The van der Waals surface area contributed by atoms with Crippen LogP contribution in [-0.2, 0) is 16.1 Å². The minimum Gasteiger partial charge on any atom is -1.00 e. The lowest BCUT2D eigenvalue weighted by atomic mass is 10.1. The van der Waals surface area contributed by atoms with Crippen LogP contribution in [0.3, 0.4) is 0 Å². The summed E-state index contributed by atoms with van der Waals surface area (Å²) in [6.07, 6.45) is 8.16. The molecular formula is C20H27BrN2O3. The zero-order valence-electron chi connectivity index (χ0n) is 15.7. The van der Waals surface area contributed by atoms with Crippen molar-refractivity contribution in [2.75, 3.05) is 6.61 Å². The number of aromatic nitrogens is 2. The maximum Gasteiger partial charge on any atom is 0.351 e. The molecule has 6 heteroatoms. The van der Waals surface area contributed by atoms with Crippen LogP contribution in [0.1, 0.15) is 55.1 Å². The summed E-state index contributed by atoms with van der Waals surface area (Å²) in [5.74, 6) is -0.174. The van der Waals surface area contributed by atoms with Gasteiger partial charge in [0, 0.05) is 5.56 Å². The van der Waals surface area contributed by atoms with Gasteiger partial charge in [0.25, 0.3) is 0 Å². The van der Waals surface area contributed by atoms with Gasteiger partial charge in [-0.25, -0.2) is 13.9 Å². The van der Waals surface area contributed by atoms with Crippen LogP contribution < -0.4 is 21.5 Å².